The third kappa shape index (κ3) is 5.84. The predicted octanol–water partition coefficient (Wildman–Crippen LogP) is 2.07. The maximum absolute atomic E-state index is 13.8. The first-order valence-electron chi connectivity index (χ1n) is 8.66. The van der Waals surface area contributed by atoms with Crippen LogP contribution in [0.2, 0.25) is 0 Å². The normalized spacial score (nSPS) is 11.1. The zero-order valence-electron chi connectivity index (χ0n) is 16.1. The van der Waals surface area contributed by atoms with Crippen molar-refractivity contribution in [2.45, 2.75) is 25.2 Å². The molecule has 2 aromatic rings. The van der Waals surface area contributed by atoms with Gasteiger partial charge in [0.25, 0.3) is 5.91 Å². The fourth-order valence-electron chi connectivity index (χ4n) is 2.28. The Morgan fingerprint density at radius 3 is 2.37 bits per heavy atom. The summed E-state index contributed by atoms with van der Waals surface area (Å²) in [6, 6.07) is 3.96. The zero-order chi connectivity index (χ0) is 22.5. The summed E-state index contributed by atoms with van der Waals surface area (Å²) >= 11 is 1.17. The summed E-state index contributed by atoms with van der Waals surface area (Å²) in [5.41, 5.74) is -0.517. The number of halogens is 1. The van der Waals surface area contributed by atoms with Crippen LogP contribution in [0.3, 0.4) is 0 Å². The van der Waals surface area contributed by atoms with E-state index < -0.39 is 50.8 Å². The van der Waals surface area contributed by atoms with Crippen molar-refractivity contribution >= 4 is 44.2 Å². The van der Waals surface area contributed by atoms with Crippen LogP contribution in [0.15, 0.2) is 29.2 Å². The topological polar surface area (TPSA) is 142 Å². The highest BCUT2D eigenvalue weighted by atomic mass is 32.2. The molecule has 0 saturated heterocycles. The lowest BCUT2D eigenvalue weighted by Crippen LogP contribution is -2.22. The van der Waals surface area contributed by atoms with E-state index >= 15 is 0 Å². The monoisotopic (exact) mass is 458 g/mol. The van der Waals surface area contributed by atoms with Crippen LogP contribution < -0.4 is 10.5 Å². The molecule has 0 aliphatic heterocycles. The number of nitrogens with two attached hydrogens (primary N) is 1. The molecule has 3 N–H and O–H groups in total. The SMILES string of the molecule is CCOC(=O)c1cc(CC)sc1NC(=O)COC(=O)c1cc(S(N)(=O)=O)ccc1F. The predicted molar refractivity (Wildman–Crippen MR) is 106 cm³/mol. The van der Waals surface area contributed by atoms with Gasteiger partial charge in [0.05, 0.1) is 22.6 Å². The van der Waals surface area contributed by atoms with Crippen LogP contribution in [-0.4, -0.2) is 39.5 Å². The molecule has 0 atom stereocenters. The summed E-state index contributed by atoms with van der Waals surface area (Å²) < 4.78 is 46.3. The fourth-order valence-corrected chi connectivity index (χ4v) is 3.82. The van der Waals surface area contributed by atoms with Gasteiger partial charge in [-0.25, -0.2) is 27.5 Å². The van der Waals surface area contributed by atoms with Gasteiger partial charge in [0.15, 0.2) is 6.61 Å². The number of thiophene rings is 1. The average molecular weight is 458 g/mol. The van der Waals surface area contributed by atoms with Crippen molar-refractivity contribution < 1.29 is 36.7 Å². The molecule has 0 aliphatic carbocycles. The minimum Gasteiger partial charge on any atom is -0.462 e. The molecular weight excluding hydrogens is 439 g/mol. The number of esters is 2. The van der Waals surface area contributed by atoms with Crippen LogP contribution in [-0.2, 0) is 30.7 Å². The molecule has 0 aliphatic rings. The summed E-state index contributed by atoms with van der Waals surface area (Å²) in [5.74, 6) is -3.67. The standard InChI is InChI=1S/C18H19FN2O7S2/c1-3-10-7-13(18(24)27-4-2)16(29-10)21-15(22)9-28-17(23)12-8-11(30(20,25)26)5-6-14(12)19/h5-8H,3-4,9H2,1-2H3,(H,21,22)(H2,20,25,26). The summed E-state index contributed by atoms with van der Waals surface area (Å²) in [6.07, 6.45) is 0.627. The minimum absolute atomic E-state index is 0.157. The first-order chi connectivity index (χ1) is 14.1. The van der Waals surface area contributed by atoms with Crippen LogP contribution in [0.1, 0.15) is 39.4 Å². The number of hydrogen-bond acceptors (Lipinski definition) is 8. The van der Waals surface area contributed by atoms with Crippen molar-refractivity contribution in [2.75, 3.05) is 18.5 Å². The van der Waals surface area contributed by atoms with Crippen molar-refractivity contribution in [2.24, 2.45) is 5.14 Å². The van der Waals surface area contributed by atoms with Crippen LogP contribution in [0, 0.1) is 5.82 Å². The first kappa shape index (κ1) is 23.4. The van der Waals surface area contributed by atoms with Crippen molar-refractivity contribution in [1.29, 1.82) is 0 Å². The first-order valence-corrected chi connectivity index (χ1v) is 11.0. The van der Waals surface area contributed by atoms with Gasteiger partial charge in [-0.2, -0.15) is 0 Å². The van der Waals surface area contributed by atoms with E-state index in [1.807, 2.05) is 6.92 Å². The number of carbonyl (C=O) groups excluding carboxylic acids is 3. The van der Waals surface area contributed by atoms with Gasteiger partial charge < -0.3 is 14.8 Å². The van der Waals surface area contributed by atoms with Crippen molar-refractivity contribution in [1.82, 2.24) is 0 Å². The van der Waals surface area contributed by atoms with Gasteiger partial charge in [-0.05, 0) is 37.6 Å². The van der Waals surface area contributed by atoms with Gasteiger partial charge in [-0.15, -0.1) is 11.3 Å². The van der Waals surface area contributed by atoms with Gasteiger partial charge >= 0.3 is 11.9 Å². The van der Waals surface area contributed by atoms with E-state index in [9.17, 15) is 27.2 Å². The summed E-state index contributed by atoms with van der Waals surface area (Å²) in [4.78, 5) is 36.6. The smallest absolute Gasteiger partial charge is 0.341 e. The number of hydrogen-bond donors (Lipinski definition) is 2. The molecule has 0 fully saturated rings. The summed E-state index contributed by atoms with van der Waals surface area (Å²) in [7, 11) is -4.16. The molecule has 1 heterocycles. The molecule has 0 spiro atoms. The van der Waals surface area contributed by atoms with Crippen LogP contribution in [0.4, 0.5) is 9.39 Å². The van der Waals surface area contributed by atoms with Crippen LogP contribution >= 0.6 is 11.3 Å². The van der Waals surface area contributed by atoms with E-state index in [2.05, 4.69) is 5.32 Å². The van der Waals surface area contributed by atoms with Crippen molar-refractivity contribution in [3.63, 3.8) is 0 Å². The molecule has 1 amide bonds. The van der Waals surface area contributed by atoms with E-state index in [1.165, 1.54) is 11.3 Å². The van der Waals surface area contributed by atoms with Gasteiger partial charge in [-0.3, -0.25) is 4.79 Å². The fraction of sp³-hybridized carbons (Fsp3) is 0.278. The molecule has 0 saturated carbocycles. The Balaban J connectivity index is 2.09. The lowest BCUT2D eigenvalue weighted by atomic mass is 10.2. The highest BCUT2D eigenvalue weighted by Crippen LogP contribution is 2.29. The van der Waals surface area contributed by atoms with Gasteiger partial charge in [0.2, 0.25) is 10.0 Å². The minimum atomic E-state index is -4.16. The third-order valence-corrected chi connectivity index (χ3v) is 5.81. The van der Waals surface area contributed by atoms with Crippen LogP contribution in [0.25, 0.3) is 0 Å². The van der Waals surface area contributed by atoms with E-state index in [4.69, 9.17) is 14.6 Å². The number of sulfonamides is 1. The molecule has 0 bridgehead atoms. The molecule has 0 unspecified atom stereocenters. The molecule has 162 valence electrons. The Bertz CT molecular complexity index is 1080. The van der Waals surface area contributed by atoms with E-state index in [1.54, 1.807) is 13.0 Å². The lowest BCUT2D eigenvalue weighted by molar-refractivity contribution is -0.119. The van der Waals surface area contributed by atoms with Crippen LogP contribution in [0.5, 0.6) is 0 Å². The van der Waals surface area contributed by atoms with Gasteiger partial charge in [-0.1, -0.05) is 6.92 Å². The molecule has 2 rings (SSSR count). The lowest BCUT2D eigenvalue weighted by Gasteiger charge is -2.08. The average Bonchev–Trinajstić information content (AvgIpc) is 3.08. The molecule has 1 aromatic heterocycles. The Morgan fingerprint density at radius 2 is 1.77 bits per heavy atom. The van der Waals surface area contributed by atoms with E-state index in [0.29, 0.717) is 6.42 Å². The molecule has 9 nitrogen and oxygen atoms in total. The summed E-state index contributed by atoms with van der Waals surface area (Å²) in [5, 5.41) is 7.64. The number of ether oxygens (including phenoxy) is 2. The number of carbonyl (C=O) groups is 3. The third-order valence-electron chi connectivity index (χ3n) is 3.70. The van der Waals surface area contributed by atoms with Gasteiger partial charge in [0.1, 0.15) is 10.8 Å². The molecule has 1 aromatic carbocycles. The highest BCUT2D eigenvalue weighted by molar-refractivity contribution is 7.89. The highest BCUT2D eigenvalue weighted by Gasteiger charge is 2.21. The molecule has 30 heavy (non-hydrogen) atoms. The maximum atomic E-state index is 13.8. The molecule has 0 radical (unpaired) electrons. The number of benzene rings is 1. The zero-order valence-corrected chi connectivity index (χ0v) is 17.7. The second-order valence-corrected chi connectivity index (χ2v) is 8.54. The number of rotatable bonds is 8. The Labute approximate surface area is 176 Å². The second kappa shape index (κ2) is 9.78. The van der Waals surface area contributed by atoms with Crippen molar-refractivity contribution in [3.05, 3.63) is 46.1 Å². The number of amides is 1. The Morgan fingerprint density at radius 1 is 1.10 bits per heavy atom. The Hall–Kier alpha value is -2.83. The number of aryl methyl sites for hydroxylation is 1. The van der Waals surface area contributed by atoms with E-state index in [-0.39, 0.29) is 17.2 Å². The van der Waals surface area contributed by atoms with E-state index in [0.717, 1.165) is 23.1 Å². The Kier molecular flexibility index (Phi) is 7.65. The second-order valence-electron chi connectivity index (χ2n) is 5.84. The molecule has 12 heteroatoms. The van der Waals surface area contributed by atoms with Gasteiger partial charge in [0, 0.05) is 4.88 Å². The number of anilines is 1. The largest absolute Gasteiger partial charge is 0.462 e. The summed E-state index contributed by atoms with van der Waals surface area (Å²) in [6.45, 7) is 2.88. The molecular formula is C18H19FN2O7S2. The number of nitrogens with one attached hydrogen (secondary N) is 1. The quantitative estimate of drug-likeness (QED) is 0.577. The maximum Gasteiger partial charge on any atom is 0.341 e. The number of primary sulfonamides is 1. The van der Waals surface area contributed by atoms with Crippen molar-refractivity contribution in [3.8, 4) is 0 Å².